The van der Waals surface area contributed by atoms with E-state index in [4.69, 9.17) is 14.7 Å². The molecule has 0 radical (unpaired) electrons. The lowest BCUT2D eigenvalue weighted by Crippen LogP contribution is -2.53. The van der Waals surface area contributed by atoms with Crippen molar-refractivity contribution in [2.75, 3.05) is 13.1 Å². The van der Waals surface area contributed by atoms with Crippen LogP contribution < -0.4 is 4.74 Å². The van der Waals surface area contributed by atoms with Gasteiger partial charge in [0.05, 0.1) is 10.2 Å². The van der Waals surface area contributed by atoms with Gasteiger partial charge >= 0.3 is 6.09 Å². The Morgan fingerprint density at radius 3 is 2.75 bits per heavy atom. The third kappa shape index (κ3) is 4.36. The van der Waals surface area contributed by atoms with Crippen molar-refractivity contribution in [3.8, 4) is 11.8 Å². The van der Waals surface area contributed by atoms with Gasteiger partial charge in [-0.05, 0) is 26.8 Å². The van der Waals surface area contributed by atoms with Crippen LogP contribution in [0, 0.1) is 22.6 Å². The minimum Gasteiger partial charge on any atom is -0.487 e. The van der Waals surface area contributed by atoms with E-state index in [2.05, 4.69) is 4.98 Å². The number of rotatable bonds is 2. The summed E-state index contributed by atoms with van der Waals surface area (Å²) in [5.74, 6) is -0.364. The third-order valence-electron chi connectivity index (χ3n) is 4.59. The monoisotopic (exact) mass is 405 g/mol. The summed E-state index contributed by atoms with van der Waals surface area (Å²) in [5, 5.41) is 9.27. The van der Waals surface area contributed by atoms with Crippen LogP contribution in [0.3, 0.4) is 0 Å². The number of piperidine rings is 1. The van der Waals surface area contributed by atoms with Crippen molar-refractivity contribution < 1.29 is 18.7 Å². The van der Waals surface area contributed by atoms with Gasteiger partial charge in [0.1, 0.15) is 17.8 Å². The van der Waals surface area contributed by atoms with Gasteiger partial charge in [-0.3, -0.25) is 0 Å². The average Bonchev–Trinajstić information content (AvgIpc) is 2.96. The highest BCUT2D eigenvalue weighted by Gasteiger charge is 2.40. The molecule has 1 aromatic carbocycles. The van der Waals surface area contributed by atoms with Gasteiger partial charge in [0.2, 0.25) is 0 Å². The zero-order valence-corrected chi connectivity index (χ0v) is 17.5. The van der Waals surface area contributed by atoms with E-state index in [1.165, 1.54) is 6.07 Å². The van der Waals surface area contributed by atoms with Gasteiger partial charge < -0.3 is 14.4 Å². The Bertz CT molecular complexity index is 943. The topological polar surface area (TPSA) is 75.4 Å². The highest BCUT2D eigenvalue weighted by atomic mass is 32.1. The number of amides is 1. The first kappa shape index (κ1) is 20.3. The Morgan fingerprint density at radius 1 is 1.43 bits per heavy atom. The molecule has 8 heteroatoms. The smallest absolute Gasteiger partial charge is 0.410 e. The van der Waals surface area contributed by atoms with Crippen molar-refractivity contribution in [1.29, 1.82) is 5.26 Å². The summed E-state index contributed by atoms with van der Waals surface area (Å²) in [4.78, 5) is 18.2. The zero-order valence-electron chi connectivity index (χ0n) is 16.7. The van der Waals surface area contributed by atoms with E-state index in [0.717, 1.165) is 11.3 Å². The molecule has 1 aliphatic rings. The first-order chi connectivity index (χ1) is 13.0. The highest BCUT2D eigenvalue weighted by Crippen LogP contribution is 2.36. The second-order valence-electron chi connectivity index (χ2n) is 8.67. The number of nitriles is 1. The molecular formula is C20H24FN3O3S. The number of benzene rings is 1. The Hall–Kier alpha value is -2.40. The first-order valence-corrected chi connectivity index (χ1v) is 9.95. The van der Waals surface area contributed by atoms with Crippen LogP contribution in [0.25, 0.3) is 10.2 Å². The molecule has 0 bridgehead atoms. The van der Waals surface area contributed by atoms with Crippen LogP contribution in [0.15, 0.2) is 12.1 Å². The minimum atomic E-state index is -0.553. The van der Waals surface area contributed by atoms with Gasteiger partial charge in [-0.25, -0.2) is 14.2 Å². The van der Waals surface area contributed by atoms with Crippen molar-refractivity contribution in [2.24, 2.45) is 5.41 Å². The number of nitrogens with zero attached hydrogens (tertiary/aromatic N) is 3. The summed E-state index contributed by atoms with van der Waals surface area (Å²) in [6.07, 6.45) is -0.0603. The molecule has 0 aliphatic carbocycles. The summed E-state index contributed by atoms with van der Waals surface area (Å²) in [7, 11) is 0. The maximum atomic E-state index is 14.5. The van der Waals surface area contributed by atoms with E-state index >= 15 is 0 Å². The molecule has 1 amide bonds. The molecule has 1 atom stereocenters. The molecule has 6 nitrogen and oxygen atoms in total. The van der Waals surface area contributed by atoms with Crippen molar-refractivity contribution >= 4 is 27.6 Å². The Balaban J connectivity index is 1.75. The number of fused-ring (bicyclic) bond motifs is 1. The van der Waals surface area contributed by atoms with Gasteiger partial charge in [-0.1, -0.05) is 13.8 Å². The number of carbonyl (C=O) groups excluding carboxylic acids is 1. The van der Waals surface area contributed by atoms with Crippen LogP contribution in [-0.2, 0) is 4.74 Å². The van der Waals surface area contributed by atoms with Gasteiger partial charge in [-0.2, -0.15) is 5.26 Å². The number of ether oxygens (including phenoxy) is 2. The summed E-state index contributed by atoms with van der Waals surface area (Å²) < 4.78 is 26.6. The van der Waals surface area contributed by atoms with Gasteiger partial charge in [0.15, 0.2) is 16.6 Å². The van der Waals surface area contributed by atoms with Crippen LogP contribution in [0.2, 0.25) is 0 Å². The largest absolute Gasteiger partial charge is 0.487 e. The molecule has 1 aliphatic heterocycles. The lowest BCUT2D eigenvalue weighted by Gasteiger charge is -2.43. The molecule has 0 N–H and O–H groups in total. The summed E-state index contributed by atoms with van der Waals surface area (Å²) in [6, 6.07) is 4.87. The summed E-state index contributed by atoms with van der Waals surface area (Å²) in [5.41, 5.74) is -0.402. The SMILES string of the molecule is CC(C)(C)OC(=O)N1CCC(Oc2cc3nc(C#N)sc3cc2F)C(C)(C)C1. The van der Waals surface area contributed by atoms with E-state index in [0.29, 0.717) is 29.7 Å². The lowest BCUT2D eigenvalue weighted by atomic mass is 9.81. The molecule has 150 valence electrons. The number of halogens is 1. The first-order valence-electron chi connectivity index (χ1n) is 9.13. The van der Waals surface area contributed by atoms with Gasteiger partial charge in [-0.15, -0.1) is 11.3 Å². The second-order valence-corrected chi connectivity index (χ2v) is 9.70. The number of aromatic nitrogens is 1. The summed E-state index contributed by atoms with van der Waals surface area (Å²) >= 11 is 1.15. The van der Waals surface area contributed by atoms with Crippen molar-refractivity contribution in [2.45, 2.75) is 52.7 Å². The molecular weight excluding hydrogens is 381 g/mol. The van der Waals surface area contributed by atoms with Crippen molar-refractivity contribution in [1.82, 2.24) is 9.88 Å². The number of carbonyl (C=O) groups is 1. The molecule has 2 heterocycles. The number of thiazole rings is 1. The molecule has 1 fully saturated rings. The standard InChI is InChI=1S/C20H24FN3O3S/c1-19(2,3)27-18(25)24-7-6-16(20(4,5)11-24)26-14-9-13-15(8-12(14)21)28-17(10-22)23-13/h8-9,16H,6-7,11H2,1-5H3. The molecule has 1 aromatic heterocycles. The Labute approximate surface area is 167 Å². The van der Waals surface area contributed by atoms with E-state index in [1.54, 1.807) is 11.0 Å². The number of hydrogen-bond donors (Lipinski definition) is 0. The maximum absolute atomic E-state index is 14.5. The molecule has 3 rings (SSSR count). The van der Waals surface area contributed by atoms with E-state index in [9.17, 15) is 9.18 Å². The van der Waals surface area contributed by atoms with E-state index in [-0.39, 0.29) is 23.0 Å². The minimum absolute atomic E-state index is 0.117. The van der Waals surface area contributed by atoms with Crippen LogP contribution in [0.1, 0.15) is 46.0 Å². The molecule has 0 saturated carbocycles. The Kier molecular flexibility index (Phi) is 5.24. The maximum Gasteiger partial charge on any atom is 0.410 e. The van der Waals surface area contributed by atoms with Crippen LogP contribution in [-0.4, -0.2) is 40.8 Å². The Morgan fingerprint density at radius 2 is 2.14 bits per heavy atom. The predicted molar refractivity (Wildman–Crippen MR) is 105 cm³/mol. The van der Waals surface area contributed by atoms with Crippen LogP contribution >= 0.6 is 11.3 Å². The van der Waals surface area contributed by atoms with Gasteiger partial charge in [0.25, 0.3) is 0 Å². The normalized spacial score (nSPS) is 19.3. The van der Waals surface area contributed by atoms with Crippen molar-refractivity contribution in [3.63, 3.8) is 0 Å². The number of likely N-dealkylation sites (tertiary alicyclic amines) is 1. The molecule has 1 saturated heterocycles. The van der Waals surface area contributed by atoms with Crippen LogP contribution in [0.4, 0.5) is 9.18 Å². The lowest BCUT2D eigenvalue weighted by molar-refractivity contribution is -0.0290. The molecule has 0 spiro atoms. The number of hydrogen-bond acceptors (Lipinski definition) is 6. The quantitative estimate of drug-likeness (QED) is 0.722. The molecule has 28 heavy (non-hydrogen) atoms. The van der Waals surface area contributed by atoms with Crippen molar-refractivity contribution in [3.05, 3.63) is 23.0 Å². The van der Waals surface area contributed by atoms with E-state index < -0.39 is 16.8 Å². The zero-order chi connectivity index (χ0) is 20.7. The fourth-order valence-electron chi connectivity index (χ4n) is 3.26. The molecule has 1 unspecified atom stereocenters. The molecule has 2 aromatic rings. The van der Waals surface area contributed by atoms with Gasteiger partial charge in [0, 0.05) is 31.0 Å². The predicted octanol–water partition coefficient (Wildman–Crippen LogP) is 4.72. The third-order valence-corrected chi connectivity index (χ3v) is 5.51. The van der Waals surface area contributed by atoms with Crippen LogP contribution in [0.5, 0.6) is 5.75 Å². The second kappa shape index (κ2) is 7.21. The fraction of sp³-hybridized carbons (Fsp3) is 0.550. The van der Waals surface area contributed by atoms with E-state index in [1.807, 2.05) is 40.7 Å². The highest BCUT2D eigenvalue weighted by molar-refractivity contribution is 7.19. The average molecular weight is 405 g/mol. The fourth-order valence-corrected chi connectivity index (χ4v) is 4.03. The summed E-state index contributed by atoms with van der Waals surface area (Å²) in [6.45, 7) is 10.4.